The predicted molar refractivity (Wildman–Crippen MR) is 66.1 cm³/mol. The Kier molecular flexibility index (Phi) is 3.25. The van der Waals surface area contributed by atoms with E-state index in [1.165, 1.54) is 12.1 Å². The number of likely N-dealkylation sites (N-methyl/N-ethyl adjacent to an activating group) is 1. The van der Waals surface area contributed by atoms with Crippen molar-refractivity contribution in [3.63, 3.8) is 0 Å². The summed E-state index contributed by atoms with van der Waals surface area (Å²) in [6.45, 7) is 2.18. The van der Waals surface area contributed by atoms with Crippen molar-refractivity contribution in [3.8, 4) is 0 Å². The van der Waals surface area contributed by atoms with Crippen LogP contribution in [0.5, 0.6) is 0 Å². The van der Waals surface area contributed by atoms with Crippen molar-refractivity contribution in [2.24, 2.45) is 0 Å². The minimum atomic E-state index is 0.644. The molecule has 0 N–H and O–H groups in total. The van der Waals surface area contributed by atoms with Crippen molar-refractivity contribution in [2.45, 2.75) is 12.5 Å². The van der Waals surface area contributed by atoms with Crippen LogP contribution in [0.15, 0.2) is 24.3 Å². The fourth-order valence-corrected chi connectivity index (χ4v) is 2.16. The number of carbonyl (C=O) groups is 1. The molecule has 0 radical (unpaired) electrons. The molecule has 3 nitrogen and oxygen atoms in total. The summed E-state index contributed by atoms with van der Waals surface area (Å²) in [5.41, 5.74) is 1.96. The highest BCUT2D eigenvalue weighted by Gasteiger charge is 2.23. The average molecular weight is 218 g/mol. The summed E-state index contributed by atoms with van der Waals surface area (Å²) in [6.07, 6.45) is 2.10. The van der Waals surface area contributed by atoms with Crippen molar-refractivity contribution in [1.82, 2.24) is 4.90 Å². The molecule has 0 aliphatic carbocycles. The van der Waals surface area contributed by atoms with E-state index in [0.29, 0.717) is 6.04 Å². The molecule has 0 bridgehead atoms. The maximum Gasteiger partial charge on any atom is 0.150 e. The summed E-state index contributed by atoms with van der Waals surface area (Å²) in [4.78, 5) is 15.2. The van der Waals surface area contributed by atoms with Crippen LogP contribution in [0.4, 0.5) is 5.69 Å². The van der Waals surface area contributed by atoms with Crippen molar-refractivity contribution in [1.29, 1.82) is 0 Å². The SMILES string of the molecule is CN(C)C1CCN(c2ccc(C=O)cc2)C1. The Hall–Kier alpha value is -1.35. The third-order valence-corrected chi connectivity index (χ3v) is 3.29. The molecule has 0 aromatic heterocycles. The minimum Gasteiger partial charge on any atom is -0.370 e. The van der Waals surface area contributed by atoms with E-state index in [4.69, 9.17) is 0 Å². The topological polar surface area (TPSA) is 23.6 Å². The number of rotatable bonds is 3. The lowest BCUT2D eigenvalue weighted by atomic mass is 10.2. The van der Waals surface area contributed by atoms with E-state index < -0.39 is 0 Å². The number of hydrogen-bond donors (Lipinski definition) is 0. The quantitative estimate of drug-likeness (QED) is 0.721. The first-order chi connectivity index (χ1) is 7.70. The zero-order valence-corrected chi connectivity index (χ0v) is 9.89. The molecule has 0 saturated carbocycles. The number of aldehydes is 1. The van der Waals surface area contributed by atoms with Gasteiger partial charge < -0.3 is 9.80 Å². The van der Waals surface area contributed by atoms with Gasteiger partial charge in [-0.15, -0.1) is 0 Å². The van der Waals surface area contributed by atoms with Gasteiger partial charge in [0.05, 0.1) is 0 Å². The standard InChI is InChI=1S/C13H18N2O/c1-14(2)13-7-8-15(9-13)12-5-3-11(10-16)4-6-12/h3-6,10,13H,7-9H2,1-2H3. The van der Waals surface area contributed by atoms with Gasteiger partial charge in [0.1, 0.15) is 6.29 Å². The van der Waals surface area contributed by atoms with Gasteiger partial charge in [-0.1, -0.05) is 0 Å². The first-order valence-corrected chi connectivity index (χ1v) is 5.67. The molecule has 2 rings (SSSR count). The van der Waals surface area contributed by atoms with Crippen LogP contribution in [0.2, 0.25) is 0 Å². The summed E-state index contributed by atoms with van der Waals surface area (Å²) in [5, 5.41) is 0. The van der Waals surface area contributed by atoms with Crippen LogP contribution in [-0.2, 0) is 0 Å². The van der Waals surface area contributed by atoms with Crippen LogP contribution in [0.1, 0.15) is 16.8 Å². The van der Waals surface area contributed by atoms with Crippen LogP contribution in [0.3, 0.4) is 0 Å². The number of carbonyl (C=O) groups excluding carboxylic acids is 1. The molecule has 1 aliphatic heterocycles. The van der Waals surface area contributed by atoms with E-state index >= 15 is 0 Å². The molecule has 1 unspecified atom stereocenters. The zero-order valence-electron chi connectivity index (χ0n) is 9.89. The van der Waals surface area contributed by atoms with E-state index in [0.717, 1.165) is 24.9 Å². The van der Waals surface area contributed by atoms with Crippen molar-refractivity contribution < 1.29 is 4.79 Å². The van der Waals surface area contributed by atoms with Crippen LogP contribution in [0.25, 0.3) is 0 Å². The summed E-state index contributed by atoms with van der Waals surface area (Å²) in [7, 11) is 4.26. The van der Waals surface area contributed by atoms with Crippen LogP contribution >= 0.6 is 0 Å². The van der Waals surface area contributed by atoms with Gasteiger partial charge in [-0.3, -0.25) is 4.79 Å². The van der Waals surface area contributed by atoms with E-state index in [2.05, 4.69) is 23.9 Å². The normalized spacial score (nSPS) is 20.4. The second-order valence-corrected chi connectivity index (χ2v) is 4.56. The molecule has 1 aromatic carbocycles. The van der Waals surface area contributed by atoms with Gasteiger partial charge in [0, 0.05) is 30.4 Å². The Morgan fingerprint density at radius 1 is 1.31 bits per heavy atom. The summed E-state index contributed by atoms with van der Waals surface area (Å²) in [6, 6.07) is 8.46. The van der Waals surface area contributed by atoms with Gasteiger partial charge in [-0.25, -0.2) is 0 Å². The van der Waals surface area contributed by atoms with E-state index in [9.17, 15) is 4.79 Å². The van der Waals surface area contributed by atoms with Gasteiger partial charge in [0.25, 0.3) is 0 Å². The number of hydrogen-bond acceptors (Lipinski definition) is 3. The fourth-order valence-electron chi connectivity index (χ4n) is 2.16. The van der Waals surface area contributed by atoms with Gasteiger partial charge in [-0.05, 0) is 44.8 Å². The van der Waals surface area contributed by atoms with Crippen molar-refractivity contribution in [3.05, 3.63) is 29.8 Å². The molecule has 1 heterocycles. The molecule has 0 amide bonds. The Balaban J connectivity index is 2.05. The lowest BCUT2D eigenvalue weighted by Crippen LogP contribution is -2.31. The monoisotopic (exact) mass is 218 g/mol. The second kappa shape index (κ2) is 4.66. The molecular weight excluding hydrogens is 200 g/mol. The molecule has 1 saturated heterocycles. The van der Waals surface area contributed by atoms with Gasteiger partial charge >= 0.3 is 0 Å². The van der Waals surface area contributed by atoms with E-state index in [-0.39, 0.29) is 0 Å². The molecule has 16 heavy (non-hydrogen) atoms. The van der Waals surface area contributed by atoms with Crippen molar-refractivity contribution >= 4 is 12.0 Å². The fraction of sp³-hybridized carbons (Fsp3) is 0.462. The molecule has 1 aliphatic rings. The summed E-state index contributed by atoms with van der Waals surface area (Å²) >= 11 is 0. The molecule has 3 heteroatoms. The maximum atomic E-state index is 10.6. The zero-order chi connectivity index (χ0) is 11.5. The van der Waals surface area contributed by atoms with Gasteiger partial charge in [0.2, 0.25) is 0 Å². The van der Waals surface area contributed by atoms with Crippen LogP contribution in [-0.4, -0.2) is 44.4 Å². The highest BCUT2D eigenvalue weighted by Crippen LogP contribution is 2.22. The van der Waals surface area contributed by atoms with Gasteiger partial charge in [-0.2, -0.15) is 0 Å². The summed E-state index contributed by atoms with van der Waals surface area (Å²) < 4.78 is 0. The number of anilines is 1. The average Bonchev–Trinajstić information content (AvgIpc) is 2.78. The summed E-state index contributed by atoms with van der Waals surface area (Å²) in [5.74, 6) is 0. The Morgan fingerprint density at radius 2 is 2.00 bits per heavy atom. The molecular formula is C13H18N2O. The van der Waals surface area contributed by atoms with E-state index in [1.807, 2.05) is 24.3 Å². The maximum absolute atomic E-state index is 10.6. The van der Waals surface area contributed by atoms with Crippen LogP contribution < -0.4 is 4.90 Å². The lowest BCUT2D eigenvalue weighted by molar-refractivity contribution is 0.112. The smallest absolute Gasteiger partial charge is 0.150 e. The third kappa shape index (κ3) is 2.25. The lowest BCUT2D eigenvalue weighted by Gasteiger charge is -2.21. The largest absolute Gasteiger partial charge is 0.370 e. The van der Waals surface area contributed by atoms with Gasteiger partial charge in [0.15, 0.2) is 0 Å². The highest BCUT2D eigenvalue weighted by atomic mass is 16.1. The molecule has 1 aromatic rings. The third-order valence-electron chi connectivity index (χ3n) is 3.29. The minimum absolute atomic E-state index is 0.644. The Morgan fingerprint density at radius 3 is 2.50 bits per heavy atom. The molecule has 0 spiro atoms. The molecule has 1 fully saturated rings. The molecule has 86 valence electrons. The van der Waals surface area contributed by atoms with E-state index in [1.54, 1.807) is 0 Å². The first kappa shape index (κ1) is 11.1. The Labute approximate surface area is 96.7 Å². The van der Waals surface area contributed by atoms with Crippen LogP contribution in [0, 0.1) is 0 Å². The van der Waals surface area contributed by atoms with Crippen molar-refractivity contribution in [2.75, 3.05) is 32.1 Å². The molecule has 1 atom stereocenters. The highest BCUT2D eigenvalue weighted by molar-refractivity contribution is 5.75. The number of nitrogens with zero attached hydrogens (tertiary/aromatic N) is 2. The Bertz CT molecular complexity index is 359. The second-order valence-electron chi connectivity index (χ2n) is 4.56. The predicted octanol–water partition coefficient (Wildman–Crippen LogP) is 1.64. The first-order valence-electron chi connectivity index (χ1n) is 5.67. The number of benzene rings is 1.